The molecule has 0 bridgehead atoms. The van der Waals surface area contributed by atoms with Crippen LogP contribution in [-0.2, 0) is 24.2 Å². The number of sulfone groups is 1. The van der Waals surface area contributed by atoms with E-state index < -0.39 is 33.0 Å². The smallest absolute Gasteiger partial charge is 0.233 e. The van der Waals surface area contributed by atoms with E-state index in [1.807, 2.05) is 0 Å². The molecule has 1 fully saturated rings. The van der Waals surface area contributed by atoms with E-state index in [2.05, 4.69) is 0 Å². The molecule has 0 aliphatic carbocycles. The van der Waals surface area contributed by atoms with Crippen molar-refractivity contribution in [2.24, 2.45) is 5.92 Å². The molecule has 0 saturated carbocycles. The van der Waals surface area contributed by atoms with Crippen molar-refractivity contribution in [1.29, 1.82) is 0 Å². The third-order valence-electron chi connectivity index (χ3n) is 4.12. The molecular weight excluding hydrogens is 318 g/mol. The van der Waals surface area contributed by atoms with E-state index in [0.29, 0.717) is 6.29 Å². The Labute approximate surface area is 135 Å². The average molecular weight is 337 g/mol. The predicted octanol–water partition coefficient (Wildman–Crippen LogP) is 0.854. The molecule has 1 amide bonds. The number of Topliss-reactive ketones (excluding diaryl/α,β-unsaturated/α-hetero) is 1. The second kappa shape index (κ2) is 6.62. The molecule has 124 valence electrons. The standard InChI is InChI=1S/C16H19NO5S/c1-11(10-18)16(20)17-9-14(8-15(17)12(2)19)23(21,22)13-6-4-3-5-7-13/h3-7,10-11,14-15H,8-9H2,1-2H3/t11?,14-,15+/m1/s1. The second-order valence-electron chi connectivity index (χ2n) is 5.76. The lowest BCUT2D eigenvalue weighted by Crippen LogP contribution is -2.43. The van der Waals surface area contributed by atoms with Crippen molar-refractivity contribution in [1.82, 2.24) is 4.90 Å². The fraction of sp³-hybridized carbons (Fsp3) is 0.438. The quantitative estimate of drug-likeness (QED) is 0.587. The van der Waals surface area contributed by atoms with Crippen molar-refractivity contribution in [3.05, 3.63) is 30.3 Å². The lowest BCUT2D eigenvalue weighted by molar-refractivity contribution is -0.141. The van der Waals surface area contributed by atoms with Crippen molar-refractivity contribution in [3.8, 4) is 0 Å². The van der Waals surface area contributed by atoms with Crippen LogP contribution in [0.15, 0.2) is 35.2 Å². The maximum Gasteiger partial charge on any atom is 0.233 e. The molecule has 1 unspecified atom stereocenters. The predicted molar refractivity (Wildman–Crippen MR) is 83.4 cm³/mol. The maximum atomic E-state index is 12.7. The van der Waals surface area contributed by atoms with Crippen molar-refractivity contribution in [2.45, 2.75) is 36.5 Å². The number of hydrogen-bond acceptors (Lipinski definition) is 5. The Bertz CT molecular complexity index is 713. The van der Waals surface area contributed by atoms with Gasteiger partial charge in [0.15, 0.2) is 15.6 Å². The topological polar surface area (TPSA) is 88.6 Å². The number of nitrogens with zero attached hydrogens (tertiary/aromatic N) is 1. The van der Waals surface area contributed by atoms with E-state index in [1.165, 1.54) is 30.9 Å². The lowest BCUT2D eigenvalue weighted by Gasteiger charge is -2.23. The maximum absolute atomic E-state index is 12.7. The molecular formula is C16H19NO5S. The number of hydrogen-bond donors (Lipinski definition) is 0. The van der Waals surface area contributed by atoms with Crippen LogP contribution >= 0.6 is 0 Å². The van der Waals surface area contributed by atoms with Gasteiger partial charge in [0.25, 0.3) is 0 Å². The summed E-state index contributed by atoms with van der Waals surface area (Å²) in [7, 11) is -3.64. The molecule has 7 heteroatoms. The van der Waals surface area contributed by atoms with Gasteiger partial charge in [-0.15, -0.1) is 0 Å². The van der Waals surface area contributed by atoms with Crippen molar-refractivity contribution >= 4 is 27.8 Å². The van der Waals surface area contributed by atoms with E-state index in [1.54, 1.807) is 18.2 Å². The van der Waals surface area contributed by atoms with E-state index in [0.717, 1.165) is 0 Å². The molecule has 1 aliphatic rings. The number of carbonyl (C=O) groups excluding carboxylic acids is 3. The summed E-state index contributed by atoms with van der Waals surface area (Å²) in [6.45, 7) is 2.69. The van der Waals surface area contributed by atoms with Gasteiger partial charge in [-0.25, -0.2) is 8.42 Å². The zero-order chi connectivity index (χ0) is 17.2. The first-order valence-electron chi connectivity index (χ1n) is 7.34. The van der Waals surface area contributed by atoms with Crippen LogP contribution in [0, 0.1) is 5.92 Å². The monoisotopic (exact) mass is 337 g/mol. The van der Waals surface area contributed by atoms with Crippen molar-refractivity contribution in [2.75, 3.05) is 6.54 Å². The van der Waals surface area contributed by atoms with E-state index in [4.69, 9.17) is 0 Å². The SMILES string of the molecule is CC(=O)[C@@H]1C[C@@H](S(=O)(=O)c2ccccc2)CN1C(=O)C(C)C=O. The van der Waals surface area contributed by atoms with Crippen LogP contribution in [0.1, 0.15) is 20.3 Å². The van der Waals surface area contributed by atoms with Crippen molar-refractivity contribution < 1.29 is 22.8 Å². The molecule has 1 aliphatic heterocycles. The summed E-state index contributed by atoms with van der Waals surface area (Å²) in [5, 5.41) is -0.846. The minimum Gasteiger partial charge on any atom is -0.331 e. The molecule has 1 aromatic rings. The molecule has 23 heavy (non-hydrogen) atoms. The fourth-order valence-electron chi connectivity index (χ4n) is 2.77. The Hall–Kier alpha value is -2.02. The summed E-state index contributed by atoms with van der Waals surface area (Å²) in [6.07, 6.45) is 0.558. The third-order valence-corrected chi connectivity index (χ3v) is 6.27. The van der Waals surface area contributed by atoms with Crippen LogP contribution in [0.3, 0.4) is 0 Å². The zero-order valence-electron chi connectivity index (χ0n) is 13.0. The van der Waals surface area contributed by atoms with Gasteiger partial charge in [-0.2, -0.15) is 0 Å². The van der Waals surface area contributed by atoms with Crippen LogP contribution < -0.4 is 0 Å². The first kappa shape index (κ1) is 17.3. The van der Waals surface area contributed by atoms with Gasteiger partial charge in [0.05, 0.1) is 22.1 Å². The van der Waals surface area contributed by atoms with Gasteiger partial charge in [-0.1, -0.05) is 18.2 Å². The van der Waals surface area contributed by atoms with E-state index in [9.17, 15) is 22.8 Å². The highest BCUT2D eigenvalue weighted by Crippen LogP contribution is 2.29. The van der Waals surface area contributed by atoms with E-state index in [-0.39, 0.29) is 23.6 Å². The Kier molecular flexibility index (Phi) is 4.99. The van der Waals surface area contributed by atoms with Gasteiger partial charge in [0, 0.05) is 6.54 Å². The lowest BCUT2D eigenvalue weighted by atomic mass is 10.1. The summed E-state index contributed by atoms with van der Waals surface area (Å²) in [6, 6.07) is 7.16. The number of benzene rings is 1. The summed E-state index contributed by atoms with van der Waals surface area (Å²) >= 11 is 0. The first-order valence-corrected chi connectivity index (χ1v) is 8.88. The fourth-order valence-corrected chi connectivity index (χ4v) is 4.49. The Morgan fingerprint density at radius 3 is 2.39 bits per heavy atom. The average Bonchev–Trinajstić information content (AvgIpc) is 3.00. The third kappa shape index (κ3) is 3.34. The van der Waals surface area contributed by atoms with Gasteiger partial charge in [-0.3, -0.25) is 9.59 Å². The normalized spacial score (nSPS) is 22.6. The molecule has 1 heterocycles. The van der Waals surface area contributed by atoms with Crippen LogP contribution in [0.25, 0.3) is 0 Å². The number of rotatable bonds is 5. The number of ketones is 1. The number of carbonyl (C=O) groups is 3. The molecule has 0 spiro atoms. The second-order valence-corrected chi connectivity index (χ2v) is 7.99. The molecule has 0 N–H and O–H groups in total. The molecule has 6 nitrogen and oxygen atoms in total. The highest BCUT2D eigenvalue weighted by molar-refractivity contribution is 7.92. The highest BCUT2D eigenvalue weighted by Gasteiger charge is 2.44. The van der Waals surface area contributed by atoms with Crippen LogP contribution in [0.2, 0.25) is 0 Å². The highest BCUT2D eigenvalue weighted by atomic mass is 32.2. The molecule has 2 rings (SSSR count). The number of aldehydes is 1. The Balaban J connectivity index is 2.32. The zero-order valence-corrected chi connectivity index (χ0v) is 13.8. The molecule has 0 aromatic heterocycles. The summed E-state index contributed by atoms with van der Waals surface area (Å²) in [5.41, 5.74) is 0. The van der Waals surface area contributed by atoms with E-state index >= 15 is 0 Å². The number of amides is 1. The Morgan fingerprint density at radius 1 is 1.26 bits per heavy atom. The minimum atomic E-state index is -3.64. The largest absolute Gasteiger partial charge is 0.331 e. The van der Waals surface area contributed by atoms with Crippen LogP contribution in [0.4, 0.5) is 0 Å². The van der Waals surface area contributed by atoms with Gasteiger partial charge >= 0.3 is 0 Å². The summed E-state index contributed by atoms with van der Waals surface area (Å²) < 4.78 is 25.4. The van der Waals surface area contributed by atoms with Crippen molar-refractivity contribution in [3.63, 3.8) is 0 Å². The van der Waals surface area contributed by atoms with Gasteiger partial charge < -0.3 is 9.69 Å². The summed E-state index contributed by atoms with van der Waals surface area (Å²) in [5.74, 6) is -1.68. The minimum absolute atomic E-state index is 0.0594. The molecule has 0 radical (unpaired) electrons. The number of likely N-dealkylation sites (tertiary alicyclic amines) is 1. The molecule has 3 atom stereocenters. The van der Waals surface area contributed by atoms with Gasteiger partial charge in [0.1, 0.15) is 6.29 Å². The first-order chi connectivity index (χ1) is 10.8. The van der Waals surface area contributed by atoms with Crippen LogP contribution in [-0.4, -0.2) is 49.1 Å². The Morgan fingerprint density at radius 2 is 1.87 bits per heavy atom. The molecule has 1 saturated heterocycles. The molecule has 1 aromatic carbocycles. The van der Waals surface area contributed by atoms with Gasteiger partial charge in [-0.05, 0) is 32.4 Å². The van der Waals surface area contributed by atoms with Crippen LogP contribution in [0.5, 0.6) is 0 Å². The summed E-state index contributed by atoms with van der Waals surface area (Å²) in [4.78, 5) is 36.3. The van der Waals surface area contributed by atoms with Gasteiger partial charge in [0.2, 0.25) is 5.91 Å².